The van der Waals surface area contributed by atoms with Gasteiger partial charge < -0.3 is 50.5 Å². The maximum atomic E-state index is 13.1. The van der Waals surface area contributed by atoms with Crippen molar-refractivity contribution in [1.82, 2.24) is 5.32 Å². The molecule has 1 aliphatic rings. The minimum Gasteiger partial charge on any atom is -0.394 e. The zero-order valence-electron chi connectivity index (χ0n) is 37.7. The van der Waals surface area contributed by atoms with Crippen LogP contribution in [0.5, 0.6) is 0 Å². The van der Waals surface area contributed by atoms with Gasteiger partial charge in [0, 0.05) is 0 Å². The van der Waals surface area contributed by atoms with E-state index in [9.17, 15) is 40.5 Å². The minimum absolute atomic E-state index is 0.255. The highest BCUT2D eigenvalue weighted by Gasteiger charge is 2.44. The first-order valence-corrected chi connectivity index (χ1v) is 24.6. The van der Waals surface area contributed by atoms with Crippen LogP contribution in [0, 0.1) is 0 Å². The number of rotatable bonds is 41. The molecule has 0 aromatic carbocycles. The Morgan fingerprint density at radius 3 is 1.42 bits per heavy atom. The molecule has 0 bridgehead atoms. The Kier molecular flexibility index (Phi) is 36.5. The van der Waals surface area contributed by atoms with Gasteiger partial charge in [-0.05, 0) is 38.5 Å². The summed E-state index contributed by atoms with van der Waals surface area (Å²) in [5.74, 6) is -0.700. The Balaban J connectivity index is 2.43. The summed E-state index contributed by atoms with van der Waals surface area (Å²) in [6.45, 7) is 3.44. The standard InChI is InChI=1S/C48H93NO10/c1-3-5-7-9-11-13-15-17-19-21-23-25-27-29-31-33-35-40(51)43(53)39(38-58-48-46(56)45(55)44(54)42(37-50)59-48)49-47(57)41(52)36-34-32-30-28-26-24-22-20-18-16-14-12-10-8-6-4-2/h18,20,39-46,48,50-56H,3-17,19,21-38H2,1-2H3,(H,49,57)/b20-18-. The molecule has 1 rings (SSSR count). The highest BCUT2D eigenvalue weighted by atomic mass is 16.7. The number of allylic oxidation sites excluding steroid dienone is 2. The van der Waals surface area contributed by atoms with E-state index in [2.05, 4.69) is 31.3 Å². The molecule has 59 heavy (non-hydrogen) atoms. The zero-order valence-corrected chi connectivity index (χ0v) is 37.7. The lowest BCUT2D eigenvalue weighted by molar-refractivity contribution is -0.303. The monoisotopic (exact) mass is 844 g/mol. The van der Waals surface area contributed by atoms with E-state index in [1.165, 1.54) is 122 Å². The van der Waals surface area contributed by atoms with Crippen LogP contribution in [0.25, 0.3) is 0 Å². The number of carbonyl (C=O) groups is 1. The molecule has 350 valence electrons. The number of amides is 1. The van der Waals surface area contributed by atoms with Crippen molar-refractivity contribution in [3.8, 4) is 0 Å². The largest absolute Gasteiger partial charge is 0.394 e. The quantitative estimate of drug-likeness (QED) is 0.0219. The molecule has 1 aliphatic heterocycles. The summed E-state index contributed by atoms with van der Waals surface area (Å²) in [4.78, 5) is 13.1. The third-order valence-corrected chi connectivity index (χ3v) is 12.1. The number of hydrogen-bond acceptors (Lipinski definition) is 10. The molecule has 0 saturated carbocycles. The number of aliphatic hydroxyl groups is 7. The topological polar surface area (TPSA) is 189 Å². The Morgan fingerprint density at radius 2 is 0.983 bits per heavy atom. The fourth-order valence-electron chi connectivity index (χ4n) is 7.96. The Labute approximate surface area is 360 Å². The van der Waals surface area contributed by atoms with Crippen LogP contribution in [0.1, 0.15) is 219 Å². The average molecular weight is 844 g/mol. The third-order valence-electron chi connectivity index (χ3n) is 12.1. The van der Waals surface area contributed by atoms with Crippen molar-refractivity contribution in [1.29, 1.82) is 0 Å². The van der Waals surface area contributed by atoms with E-state index in [1.807, 2.05) is 0 Å². The summed E-state index contributed by atoms with van der Waals surface area (Å²) < 4.78 is 11.1. The molecule has 1 amide bonds. The second-order valence-corrected chi connectivity index (χ2v) is 17.5. The summed E-state index contributed by atoms with van der Waals surface area (Å²) in [5.41, 5.74) is 0. The van der Waals surface area contributed by atoms with Crippen LogP contribution in [0.3, 0.4) is 0 Å². The summed E-state index contributed by atoms with van der Waals surface area (Å²) >= 11 is 0. The van der Waals surface area contributed by atoms with Gasteiger partial charge in [0.15, 0.2) is 6.29 Å². The molecule has 0 aliphatic carbocycles. The van der Waals surface area contributed by atoms with E-state index in [0.29, 0.717) is 19.3 Å². The first-order valence-electron chi connectivity index (χ1n) is 24.6. The second kappa shape index (κ2) is 38.5. The fourth-order valence-corrected chi connectivity index (χ4v) is 7.96. The maximum Gasteiger partial charge on any atom is 0.249 e. The SMILES string of the molecule is CCCCCCCC/C=C\CCCCCCCCC(O)C(=O)NC(COC1OC(CO)C(O)C(O)C1O)C(O)C(O)CCCCCCCCCCCCCCCCCC. The fraction of sp³-hybridized carbons (Fsp3) is 0.938. The first-order chi connectivity index (χ1) is 28.7. The lowest BCUT2D eigenvalue weighted by atomic mass is 9.98. The molecular weight excluding hydrogens is 751 g/mol. The van der Waals surface area contributed by atoms with E-state index in [4.69, 9.17) is 9.47 Å². The van der Waals surface area contributed by atoms with Crippen LogP contribution in [-0.4, -0.2) is 110 Å². The van der Waals surface area contributed by atoms with Gasteiger partial charge in [0.25, 0.3) is 0 Å². The molecule has 1 heterocycles. The Hall–Kier alpha value is -1.15. The summed E-state index contributed by atoms with van der Waals surface area (Å²) in [6, 6.07) is -1.17. The minimum atomic E-state index is -1.66. The number of carbonyl (C=O) groups excluding carboxylic acids is 1. The maximum absolute atomic E-state index is 13.1. The van der Waals surface area contributed by atoms with Crippen molar-refractivity contribution >= 4 is 5.91 Å². The smallest absolute Gasteiger partial charge is 0.249 e. The molecule has 11 heteroatoms. The lowest BCUT2D eigenvalue weighted by Crippen LogP contribution is -2.60. The van der Waals surface area contributed by atoms with Crippen LogP contribution in [0.15, 0.2) is 12.2 Å². The number of aliphatic hydroxyl groups excluding tert-OH is 7. The van der Waals surface area contributed by atoms with Crippen molar-refractivity contribution in [2.24, 2.45) is 0 Å². The van der Waals surface area contributed by atoms with Gasteiger partial charge in [-0.3, -0.25) is 4.79 Å². The molecule has 0 aromatic heterocycles. The van der Waals surface area contributed by atoms with Gasteiger partial charge in [-0.25, -0.2) is 0 Å². The Bertz CT molecular complexity index is 970. The highest BCUT2D eigenvalue weighted by molar-refractivity contribution is 5.80. The van der Waals surface area contributed by atoms with Crippen LogP contribution in [0.4, 0.5) is 0 Å². The third kappa shape index (κ3) is 28.2. The Morgan fingerprint density at radius 1 is 0.576 bits per heavy atom. The van der Waals surface area contributed by atoms with E-state index in [0.717, 1.165) is 57.8 Å². The zero-order chi connectivity index (χ0) is 43.4. The molecule has 0 aromatic rings. The molecule has 1 fully saturated rings. The predicted octanol–water partition coefficient (Wildman–Crippen LogP) is 8.45. The molecule has 1 saturated heterocycles. The number of unbranched alkanes of at least 4 members (excludes halogenated alkanes) is 27. The predicted molar refractivity (Wildman–Crippen MR) is 238 cm³/mol. The van der Waals surface area contributed by atoms with Gasteiger partial charge in [-0.15, -0.1) is 0 Å². The van der Waals surface area contributed by atoms with Gasteiger partial charge in [0.1, 0.15) is 36.6 Å². The normalized spacial score (nSPS) is 21.8. The summed E-state index contributed by atoms with van der Waals surface area (Å²) in [5, 5.41) is 75.8. The van der Waals surface area contributed by atoms with Crippen LogP contribution in [0.2, 0.25) is 0 Å². The van der Waals surface area contributed by atoms with Crippen LogP contribution >= 0.6 is 0 Å². The molecule has 9 atom stereocenters. The van der Waals surface area contributed by atoms with Crippen LogP contribution in [-0.2, 0) is 14.3 Å². The molecule has 0 spiro atoms. The van der Waals surface area contributed by atoms with Gasteiger partial charge in [-0.1, -0.05) is 193 Å². The molecule has 11 nitrogen and oxygen atoms in total. The number of ether oxygens (including phenoxy) is 2. The van der Waals surface area contributed by atoms with Crippen molar-refractivity contribution < 1.29 is 50.0 Å². The van der Waals surface area contributed by atoms with Crippen LogP contribution < -0.4 is 5.32 Å². The van der Waals surface area contributed by atoms with E-state index < -0.39 is 74.2 Å². The first kappa shape index (κ1) is 55.9. The number of nitrogens with one attached hydrogen (secondary N) is 1. The highest BCUT2D eigenvalue weighted by Crippen LogP contribution is 2.23. The molecule has 0 radical (unpaired) electrons. The lowest BCUT2D eigenvalue weighted by Gasteiger charge is -2.40. The van der Waals surface area contributed by atoms with Gasteiger partial charge in [-0.2, -0.15) is 0 Å². The average Bonchev–Trinajstić information content (AvgIpc) is 3.23. The van der Waals surface area contributed by atoms with Gasteiger partial charge in [0.2, 0.25) is 5.91 Å². The van der Waals surface area contributed by atoms with E-state index in [-0.39, 0.29) is 6.42 Å². The molecule has 8 N–H and O–H groups in total. The molecular formula is C48H93NO10. The summed E-state index contributed by atoms with van der Waals surface area (Å²) in [7, 11) is 0. The van der Waals surface area contributed by atoms with Crippen molar-refractivity contribution in [2.75, 3.05) is 13.2 Å². The van der Waals surface area contributed by atoms with Crippen molar-refractivity contribution in [2.45, 2.75) is 274 Å². The van der Waals surface area contributed by atoms with Gasteiger partial charge in [0.05, 0.1) is 25.4 Å². The number of hydrogen-bond donors (Lipinski definition) is 8. The van der Waals surface area contributed by atoms with Gasteiger partial charge >= 0.3 is 0 Å². The summed E-state index contributed by atoms with van der Waals surface area (Å²) in [6.07, 6.45) is 29.6. The van der Waals surface area contributed by atoms with Crippen molar-refractivity contribution in [3.63, 3.8) is 0 Å². The van der Waals surface area contributed by atoms with Crippen molar-refractivity contribution in [3.05, 3.63) is 12.2 Å². The van der Waals surface area contributed by atoms with E-state index >= 15 is 0 Å². The van der Waals surface area contributed by atoms with E-state index in [1.54, 1.807) is 0 Å². The molecule has 9 unspecified atom stereocenters. The second-order valence-electron chi connectivity index (χ2n) is 17.5.